The van der Waals surface area contributed by atoms with E-state index in [0.717, 1.165) is 16.0 Å². The van der Waals surface area contributed by atoms with Gasteiger partial charge in [0, 0.05) is 22.1 Å². The lowest BCUT2D eigenvalue weighted by atomic mass is 10.1. The number of nitrogens with one attached hydrogen (secondary N) is 1. The van der Waals surface area contributed by atoms with Crippen LogP contribution in [0, 0.1) is 0 Å². The first kappa shape index (κ1) is 13.6. The Morgan fingerprint density at radius 3 is 2.56 bits per heavy atom. The van der Waals surface area contributed by atoms with Crippen molar-refractivity contribution in [2.75, 3.05) is 0 Å². The molecule has 0 saturated heterocycles. The zero-order valence-corrected chi connectivity index (χ0v) is 12.5. The third-order valence-electron chi connectivity index (χ3n) is 2.87. The van der Waals surface area contributed by atoms with E-state index in [1.165, 1.54) is 11.1 Å². The quantitative estimate of drug-likeness (QED) is 0.838. The van der Waals surface area contributed by atoms with Gasteiger partial charge in [-0.25, -0.2) is 0 Å². The largest absolute Gasteiger partial charge is 0.306 e. The monoisotopic (exact) mass is 323 g/mol. The lowest BCUT2D eigenvalue weighted by molar-refractivity contribution is 0.575. The molecule has 0 bridgehead atoms. The highest BCUT2D eigenvalue weighted by Gasteiger charge is 2.05. The van der Waals surface area contributed by atoms with Crippen molar-refractivity contribution in [3.63, 3.8) is 0 Å². The second kappa shape index (κ2) is 6.37. The van der Waals surface area contributed by atoms with Crippen molar-refractivity contribution in [1.29, 1.82) is 0 Å². The summed E-state index contributed by atoms with van der Waals surface area (Å²) in [4.78, 5) is 0. The van der Waals surface area contributed by atoms with E-state index < -0.39 is 0 Å². The molecule has 18 heavy (non-hydrogen) atoms. The molecule has 1 nitrogen and oxygen atoms in total. The van der Waals surface area contributed by atoms with Crippen LogP contribution in [-0.2, 0) is 6.54 Å². The lowest BCUT2D eigenvalue weighted by Crippen LogP contribution is -2.17. The van der Waals surface area contributed by atoms with E-state index in [2.05, 4.69) is 58.5 Å². The van der Waals surface area contributed by atoms with Crippen LogP contribution in [0.3, 0.4) is 0 Å². The molecule has 0 saturated carbocycles. The zero-order chi connectivity index (χ0) is 13.0. The summed E-state index contributed by atoms with van der Waals surface area (Å²) in [6, 6.07) is 16.6. The molecule has 1 atom stereocenters. The summed E-state index contributed by atoms with van der Waals surface area (Å²) in [5.74, 6) is 0. The summed E-state index contributed by atoms with van der Waals surface area (Å²) in [5.41, 5.74) is 2.48. The SMILES string of the molecule is C[C@@H](NCc1ccc(Br)cc1)c1cccc(Cl)c1. The second-order valence-corrected chi connectivity index (χ2v) is 5.64. The van der Waals surface area contributed by atoms with Gasteiger partial charge >= 0.3 is 0 Å². The fourth-order valence-corrected chi connectivity index (χ4v) is 2.23. The molecule has 0 amide bonds. The summed E-state index contributed by atoms with van der Waals surface area (Å²) in [5, 5.41) is 4.27. The molecule has 2 aromatic carbocycles. The van der Waals surface area contributed by atoms with Crippen molar-refractivity contribution in [2.24, 2.45) is 0 Å². The van der Waals surface area contributed by atoms with E-state index in [1.54, 1.807) is 0 Å². The van der Waals surface area contributed by atoms with Gasteiger partial charge in [0.15, 0.2) is 0 Å². The van der Waals surface area contributed by atoms with Gasteiger partial charge in [-0.1, -0.05) is 51.8 Å². The Labute approximate surface area is 121 Å². The van der Waals surface area contributed by atoms with Gasteiger partial charge in [0.1, 0.15) is 0 Å². The number of rotatable bonds is 4. The van der Waals surface area contributed by atoms with E-state index in [0.29, 0.717) is 0 Å². The molecule has 94 valence electrons. The van der Waals surface area contributed by atoms with Gasteiger partial charge in [0.25, 0.3) is 0 Å². The van der Waals surface area contributed by atoms with Crippen LogP contribution >= 0.6 is 27.5 Å². The number of hydrogen-bond acceptors (Lipinski definition) is 1. The number of hydrogen-bond donors (Lipinski definition) is 1. The lowest BCUT2D eigenvalue weighted by Gasteiger charge is -2.14. The molecule has 0 aliphatic carbocycles. The van der Waals surface area contributed by atoms with Crippen molar-refractivity contribution >= 4 is 27.5 Å². The Bertz CT molecular complexity index is 510. The van der Waals surface area contributed by atoms with Gasteiger partial charge in [-0.15, -0.1) is 0 Å². The molecule has 0 fully saturated rings. The van der Waals surface area contributed by atoms with E-state index in [-0.39, 0.29) is 6.04 Å². The van der Waals surface area contributed by atoms with Gasteiger partial charge < -0.3 is 5.32 Å². The second-order valence-electron chi connectivity index (χ2n) is 4.28. The first-order valence-corrected chi connectivity index (χ1v) is 7.05. The average Bonchev–Trinajstić information content (AvgIpc) is 2.38. The molecular formula is C15H15BrClN. The fourth-order valence-electron chi connectivity index (χ4n) is 1.77. The average molecular weight is 325 g/mol. The Balaban J connectivity index is 1.96. The highest BCUT2D eigenvalue weighted by Crippen LogP contribution is 2.18. The van der Waals surface area contributed by atoms with Crippen LogP contribution in [0.2, 0.25) is 5.02 Å². The number of benzene rings is 2. The fraction of sp³-hybridized carbons (Fsp3) is 0.200. The molecule has 1 N–H and O–H groups in total. The zero-order valence-electron chi connectivity index (χ0n) is 10.2. The highest BCUT2D eigenvalue weighted by atomic mass is 79.9. The molecule has 2 rings (SSSR count). The molecule has 0 heterocycles. The van der Waals surface area contributed by atoms with Crippen molar-refractivity contribution in [2.45, 2.75) is 19.5 Å². The van der Waals surface area contributed by atoms with Crippen molar-refractivity contribution in [3.8, 4) is 0 Å². The molecule has 0 radical (unpaired) electrons. The van der Waals surface area contributed by atoms with E-state index in [1.807, 2.05) is 18.2 Å². The minimum atomic E-state index is 0.285. The number of halogens is 2. The summed E-state index contributed by atoms with van der Waals surface area (Å²) >= 11 is 9.43. The molecule has 2 aromatic rings. The van der Waals surface area contributed by atoms with Crippen molar-refractivity contribution < 1.29 is 0 Å². The Morgan fingerprint density at radius 1 is 1.17 bits per heavy atom. The molecule has 0 aliphatic heterocycles. The van der Waals surface area contributed by atoms with E-state index in [9.17, 15) is 0 Å². The van der Waals surface area contributed by atoms with Gasteiger partial charge in [0.05, 0.1) is 0 Å². The summed E-state index contributed by atoms with van der Waals surface area (Å²) in [6.07, 6.45) is 0. The smallest absolute Gasteiger partial charge is 0.0409 e. The summed E-state index contributed by atoms with van der Waals surface area (Å²) < 4.78 is 1.11. The van der Waals surface area contributed by atoms with E-state index in [4.69, 9.17) is 11.6 Å². The molecule has 0 aliphatic rings. The van der Waals surface area contributed by atoms with Crippen molar-refractivity contribution in [3.05, 3.63) is 69.2 Å². The normalized spacial score (nSPS) is 12.4. The van der Waals surface area contributed by atoms with Gasteiger partial charge in [0.2, 0.25) is 0 Å². The van der Waals surface area contributed by atoms with Gasteiger partial charge in [-0.05, 0) is 42.3 Å². The van der Waals surface area contributed by atoms with Crippen LogP contribution in [0.25, 0.3) is 0 Å². The minimum absolute atomic E-state index is 0.285. The Hall–Kier alpha value is -0.830. The first-order chi connectivity index (χ1) is 8.65. The van der Waals surface area contributed by atoms with Gasteiger partial charge in [-0.3, -0.25) is 0 Å². The Kier molecular flexibility index (Phi) is 4.81. The topological polar surface area (TPSA) is 12.0 Å². The predicted molar refractivity (Wildman–Crippen MR) is 80.8 cm³/mol. The maximum absolute atomic E-state index is 5.99. The highest BCUT2D eigenvalue weighted by molar-refractivity contribution is 9.10. The van der Waals surface area contributed by atoms with Gasteiger partial charge in [-0.2, -0.15) is 0 Å². The third-order valence-corrected chi connectivity index (χ3v) is 3.64. The maximum atomic E-state index is 5.99. The third kappa shape index (κ3) is 3.84. The molecule has 0 unspecified atom stereocenters. The summed E-state index contributed by atoms with van der Waals surface area (Å²) in [6.45, 7) is 2.99. The molecular weight excluding hydrogens is 310 g/mol. The molecule has 0 spiro atoms. The first-order valence-electron chi connectivity index (χ1n) is 5.88. The molecule has 3 heteroatoms. The Morgan fingerprint density at radius 2 is 1.89 bits per heavy atom. The van der Waals surface area contributed by atoms with Crippen LogP contribution in [0.15, 0.2) is 53.0 Å². The van der Waals surface area contributed by atoms with E-state index >= 15 is 0 Å². The van der Waals surface area contributed by atoms with Crippen LogP contribution in [0.5, 0.6) is 0 Å². The maximum Gasteiger partial charge on any atom is 0.0409 e. The summed E-state index contributed by atoms with van der Waals surface area (Å²) in [7, 11) is 0. The standard InChI is InChI=1S/C15H15BrClN/c1-11(13-3-2-4-15(17)9-13)18-10-12-5-7-14(16)8-6-12/h2-9,11,18H,10H2,1H3/t11-/m1/s1. The van der Waals surface area contributed by atoms with Crippen LogP contribution in [0.4, 0.5) is 0 Å². The minimum Gasteiger partial charge on any atom is -0.306 e. The van der Waals surface area contributed by atoms with Crippen LogP contribution in [0.1, 0.15) is 24.1 Å². The van der Waals surface area contributed by atoms with Crippen molar-refractivity contribution in [1.82, 2.24) is 5.32 Å². The van der Waals surface area contributed by atoms with Crippen LogP contribution in [-0.4, -0.2) is 0 Å². The predicted octanol–water partition coefficient (Wildman–Crippen LogP) is 4.95. The van der Waals surface area contributed by atoms with Crippen LogP contribution < -0.4 is 5.32 Å². The molecule has 0 aromatic heterocycles.